The first-order valence-electron chi connectivity index (χ1n) is 11.0. The number of carbonyl (C=O) groups is 1. The molecule has 0 saturated carbocycles. The van der Waals surface area contributed by atoms with Crippen molar-refractivity contribution >= 4 is 44.0 Å². The van der Waals surface area contributed by atoms with Crippen LogP contribution in [0.4, 0.5) is 5.82 Å². The minimum Gasteiger partial charge on any atom is -0.365 e. The highest BCUT2D eigenvalue weighted by molar-refractivity contribution is 7.89. The number of pyridine rings is 1. The number of hydrogen-bond acceptors (Lipinski definition) is 7. The maximum Gasteiger partial charge on any atom is 0.240 e. The molecule has 0 spiro atoms. The Bertz CT molecular complexity index is 1260. The molecular weight excluding hydrogens is 458 g/mol. The number of aromatic nitrogens is 2. The average Bonchev–Trinajstić information content (AvgIpc) is 3.47. The Kier molecular flexibility index (Phi) is 6.69. The number of anilines is 1. The van der Waals surface area contributed by atoms with Crippen LogP contribution in [0.25, 0.3) is 10.9 Å². The number of fused-ring (bicyclic) bond motifs is 1. The lowest BCUT2D eigenvalue weighted by molar-refractivity contribution is -0.138. The van der Waals surface area contributed by atoms with Gasteiger partial charge < -0.3 is 10.2 Å². The number of amides is 1. The first kappa shape index (κ1) is 23.6. The summed E-state index contributed by atoms with van der Waals surface area (Å²) in [4.78, 5) is 24.7. The first-order valence-corrected chi connectivity index (χ1v) is 13.3. The quantitative estimate of drug-likeness (QED) is 0.504. The lowest BCUT2D eigenvalue weighted by Crippen LogP contribution is -2.45. The molecule has 0 atom stereocenters. The Morgan fingerprint density at radius 2 is 1.94 bits per heavy atom. The predicted molar refractivity (Wildman–Crippen MR) is 131 cm³/mol. The van der Waals surface area contributed by atoms with Crippen molar-refractivity contribution < 1.29 is 13.2 Å². The molecule has 0 radical (unpaired) electrons. The van der Waals surface area contributed by atoms with E-state index in [-0.39, 0.29) is 17.3 Å². The lowest BCUT2D eigenvalue weighted by atomic mass is 9.92. The van der Waals surface area contributed by atoms with Crippen molar-refractivity contribution in [1.29, 1.82) is 0 Å². The molecule has 3 aromatic rings. The van der Waals surface area contributed by atoms with Crippen molar-refractivity contribution in [3.63, 3.8) is 0 Å². The number of sulfonamides is 1. The second kappa shape index (κ2) is 9.36. The van der Waals surface area contributed by atoms with Gasteiger partial charge in [0.2, 0.25) is 15.9 Å². The van der Waals surface area contributed by atoms with Gasteiger partial charge >= 0.3 is 0 Å². The highest BCUT2D eigenvalue weighted by Crippen LogP contribution is 2.24. The van der Waals surface area contributed by atoms with Gasteiger partial charge in [0.05, 0.1) is 33.6 Å². The molecule has 1 aliphatic rings. The van der Waals surface area contributed by atoms with E-state index in [1.165, 1.54) is 0 Å². The highest BCUT2D eigenvalue weighted by atomic mass is 32.2. The van der Waals surface area contributed by atoms with E-state index in [9.17, 15) is 13.2 Å². The van der Waals surface area contributed by atoms with Crippen LogP contribution in [-0.2, 0) is 21.4 Å². The lowest BCUT2D eigenvalue weighted by Gasteiger charge is -2.29. The third-order valence-electron chi connectivity index (χ3n) is 5.92. The molecule has 1 amide bonds. The summed E-state index contributed by atoms with van der Waals surface area (Å²) < 4.78 is 28.5. The van der Waals surface area contributed by atoms with E-state index in [4.69, 9.17) is 0 Å². The van der Waals surface area contributed by atoms with E-state index in [2.05, 4.69) is 20.0 Å². The monoisotopic (exact) mass is 487 g/mol. The largest absolute Gasteiger partial charge is 0.365 e. The number of thiazole rings is 1. The Morgan fingerprint density at radius 3 is 2.64 bits per heavy atom. The van der Waals surface area contributed by atoms with Crippen LogP contribution in [-0.4, -0.2) is 48.8 Å². The molecule has 176 valence electrons. The number of rotatable bonds is 8. The van der Waals surface area contributed by atoms with Crippen LogP contribution >= 0.6 is 11.3 Å². The minimum absolute atomic E-state index is 0.0148. The summed E-state index contributed by atoms with van der Waals surface area (Å²) in [6.45, 7) is 7.70. The van der Waals surface area contributed by atoms with Gasteiger partial charge in [-0.3, -0.25) is 4.79 Å². The standard InChI is InChI=1S/C23H29N5O3S2/c1-16-20(32-15-25-16)13-24-21-9-6-17-12-18(7-8-19(17)27-21)33(30,31)26-14-23(2,3)22(29)28-10-4-5-11-28/h6-9,12,15,26H,4-5,10-11,13-14H2,1-3H3,(H,24,27). The molecule has 2 N–H and O–H groups in total. The van der Waals surface area contributed by atoms with Crippen LogP contribution in [0.2, 0.25) is 0 Å². The molecule has 0 unspecified atom stereocenters. The van der Waals surface area contributed by atoms with Crippen LogP contribution in [0.15, 0.2) is 40.7 Å². The summed E-state index contributed by atoms with van der Waals surface area (Å²) in [5, 5.41) is 4.01. The van der Waals surface area contributed by atoms with Crippen LogP contribution in [0.5, 0.6) is 0 Å². The van der Waals surface area contributed by atoms with E-state index in [0.717, 1.165) is 41.9 Å². The summed E-state index contributed by atoms with van der Waals surface area (Å²) in [6, 6.07) is 8.54. The van der Waals surface area contributed by atoms with Crippen molar-refractivity contribution in [2.45, 2.75) is 45.1 Å². The van der Waals surface area contributed by atoms with Crippen LogP contribution < -0.4 is 10.0 Å². The van der Waals surface area contributed by atoms with Gasteiger partial charge in [0.15, 0.2) is 0 Å². The summed E-state index contributed by atoms with van der Waals surface area (Å²) in [6.07, 6.45) is 2.00. The van der Waals surface area contributed by atoms with Crippen molar-refractivity contribution in [3.8, 4) is 0 Å². The Balaban J connectivity index is 1.44. The van der Waals surface area contributed by atoms with Gasteiger partial charge in [0.25, 0.3) is 0 Å². The number of carbonyl (C=O) groups excluding carboxylic acids is 1. The molecule has 0 bridgehead atoms. The number of nitrogens with zero attached hydrogens (tertiary/aromatic N) is 3. The van der Waals surface area contributed by atoms with Crippen LogP contribution in [0.1, 0.15) is 37.3 Å². The molecule has 2 aromatic heterocycles. The number of aryl methyl sites for hydroxylation is 1. The van der Waals surface area contributed by atoms with E-state index in [1.54, 1.807) is 43.4 Å². The van der Waals surface area contributed by atoms with Crippen LogP contribution in [0.3, 0.4) is 0 Å². The van der Waals surface area contributed by atoms with Crippen molar-refractivity contribution in [2.24, 2.45) is 5.41 Å². The van der Waals surface area contributed by atoms with Crippen molar-refractivity contribution in [3.05, 3.63) is 46.4 Å². The fraction of sp³-hybridized carbons (Fsp3) is 0.435. The molecule has 33 heavy (non-hydrogen) atoms. The zero-order chi connectivity index (χ0) is 23.6. The molecule has 1 saturated heterocycles. The molecule has 3 heterocycles. The molecule has 8 nitrogen and oxygen atoms in total. The Hall–Kier alpha value is -2.56. The Labute approximate surface area is 198 Å². The number of nitrogens with one attached hydrogen (secondary N) is 2. The average molecular weight is 488 g/mol. The van der Waals surface area contributed by atoms with E-state index < -0.39 is 15.4 Å². The molecular formula is C23H29N5O3S2. The zero-order valence-electron chi connectivity index (χ0n) is 19.1. The molecule has 10 heteroatoms. The molecule has 4 rings (SSSR count). The number of hydrogen-bond donors (Lipinski definition) is 2. The third kappa shape index (κ3) is 5.34. The van der Waals surface area contributed by atoms with Crippen molar-refractivity contribution in [1.82, 2.24) is 19.6 Å². The summed E-state index contributed by atoms with van der Waals surface area (Å²) >= 11 is 1.59. The fourth-order valence-corrected chi connectivity index (χ4v) is 5.78. The van der Waals surface area contributed by atoms with E-state index in [1.807, 2.05) is 29.5 Å². The summed E-state index contributed by atoms with van der Waals surface area (Å²) in [5.41, 5.74) is 2.71. The normalized spacial score (nSPS) is 14.7. The third-order valence-corrected chi connectivity index (χ3v) is 8.26. The number of likely N-dealkylation sites (tertiary alicyclic amines) is 1. The maximum absolute atomic E-state index is 12.9. The maximum atomic E-state index is 12.9. The van der Waals surface area contributed by atoms with Gasteiger partial charge in [-0.25, -0.2) is 23.1 Å². The minimum atomic E-state index is -3.77. The van der Waals surface area contributed by atoms with Gasteiger partial charge in [0, 0.05) is 29.9 Å². The second-order valence-electron chi connectivity index (χ2n) is 8.97. The molecule has 1 fully saturated rings. The molecule has 1 aliphatic heterocycles. The molecule has 0 aliphatic carbocycles. The first-order chi connectivity index (χ1) is 15.7. The van der Waals surface area contributed by atoms with Gasteiger partial charge in [-0.1, -0.05) is 0 Å². The van der Waals surface area contributed by atoms with Crippen molar-refractivity contribution in [2.75, 3.05) is 25.0 Å². The van der Waals surface area contributed by atoms with Crippen LogP contribution in [0, 0.1) is 12.3 Å². The van der Waals surface area contributed by atoms with E-state index >= 15 is 0 Å². The van der Waals surface area contributed by atoms with Gasteiger partial charge in [-0.15, -0.1) is 11.3 Å². The van der Waals surface area contributed by atoms with Gasteiger partial charge in [-0.05, 0) is 63.9 Å². The fourth-order valence-electron chi connectivity index (χ4n) is 3.82. The van der Waals surface area contributed by atoms with E-state index in [0.29, 0.717) is 17.9 Å². The number of benzene rings is 1. The highest BCUT2D eigenvalue weighted by Gasteiger charge is 2.34. The second-order valence-corrected chi connectivity index (χ2v) is 11.7. The Morgan fingerprint density at radius 1 is 1.18 bits per heavy atom. The SMILES string of the molecule is Cc1ncsc1CNc1ccc2cc(S(=O)(=O)NCC(C)(C)C(=O)N3CCCC3)ccc2n1. The smallest absolute Gasteiger partial charge is 0.240 e. The summed E-state index contributed by atoms with van der Waals surface area (Å²) in [5.74, 6) is 0.699. The van der Waals surface area contributed by atoms with Gasteiger partial charge in [-0.2, -0.15) is 0 Å². The summed E-state index contributed by atoms with van der Waals surface area (Å²) in [7, 11) is -3.77. The topological polar surface area (TPSA) is 104 Å². The predicted octanol–water partition coefficient (Wildman–Crippen LogP) is 3.54. The zero-order valence-corrected chi connectivity index (χ0v) is 20.7. The van der Waals surface area contributed by atoms with Gasteiger partial charge in [0.1, 0.15) is 5.82 Å². The molecule has 1 aromatic carbocycles.